The van der Waals surface area contributed by atoms with Crippen LogP contribution in [0.5, 0.6) is 0 Å². The first kappa shape index (κ1) is 19.7. The molecule has 0 radical (unpaired) electrons. The smallest absolute Gasteiger partial charge is 0.261 e. The van der Waals surface area contributed by atoms with E-state index in [0.29, 0.717) is 23.9 Å². The third-order valence-corrected chi connectivity index (χ3v) is 7.57. The number of piperidine rings is 1. The summed E-state index contributed by atoms with van der Waals surface area (Å²) in [6.45, 7) is 0.665. The van der Waals surface area contributed by atoms with Gasteiger partial charge in [-0.15, -0.1) is 0 Å². The fourth-order valence-electron chi connectivity index (χ4n) is 4.05. The van der Waals surface area contributed by atoms with Gasteiger partial charge in [0.05, 0.1) is 33.9 Å². The van der Waals surface area contributed by atoms with E-state index in [0.717, 1.165) is 12.1 Å². The zero-order chi connectivity index (χ0) is 21.4. The lowest BCUT2D eigenvalue weighted by Gasteiger charge is -2.32. The van der Waals surface area contributed by atoms with Gasteiger partial charge in [-0.05, 0) is 55.3 Å². The zero-order valence-electron chi connectivity index (χ0n) is 16.7. The molecule has 4 aromatic rings. The Morgan fingerprint density at radius 3 is 2.58 bits per heavy atom. The van der Waals surface area contributed by atoms with Gasteiger partial charge in [-0.1, -0.05) is 12.1 Å². The van der Waals surface area contributed by atoms with E-state index in [1.807, 2.05) is 12.1 Å². The Labute approximate surface area is 179 Å². The molecule has 0 aliphatic carbocycles. The molecule has 0 unspecified atom stereocenters. The Bertz CT molecular complexity index is 1380. The predicted octanol–water partition coefficient (Wildman–Crippen LogP) is 2.61. The molecule has 158 valence electrons. The Morgan fingerprint density at radius 2 is 1.81 bits per heavy atom. The molecule has 2 aromatic carbocycles. The van der Waals surface area contributed by atoms with Gasteiger partial charge in [0.25, 0.3) is 5.56 Å². The molecule has 0 N–H and O–H groups in total. The van der Waals surface area contributed by atoms with Crippen LogP contribution >= 0.6 is 0 Å². The summed E-state index contributed by atoms with van der Waals surface area (Å²) >= 11 is 0. The quantitative estimate of drug-likeness (QED) is 0.492. The first-order valence-electron chi connectivity index (χ1n) is 10.1. The van der Waals surface area contributed by atoms with Crippen molar-refractivity contribution in [2.24, 2.45) is 0 Å². The molecule has 1 aliphatic heterocycles. The van der Waals surface area contributed by atoms with Gasteiger partial charge in [-0.3, -0.25) is 9.36 Å². The van der Waals surface area contributed by atoms with E-state index < -0.39 is 10.0 Å². The van der Waals surface area contributed by atoms with Crippen molar-refractivity contribution in [3.63, 3.8) is 0 Å². The standard InChI is InChI=1S/C22H21N5O3S/c28-22-20-6-1-2-7-21(20)23-16-26(22)18-5-3-13-25(15-18)31(29,30)19-10-8-17(9-11-19)27-14-4-12-24-27/h1-2,4,6-12,14,16,18H,3,5,13,15H2/t18-/m1/s1. The molecular weight excluding hydrogens is 414 g/mol. The van der Waals surface area contributed by atoms with Crippen LogP contribution in [-0.2, 0) is 10.0 Å². The minimum atomic E-state index is -3.68. The lowest BCUT2D eigenvalue weighted by Crippen LogP contribution is -2.42. The predicted molar refractivity (Wildman–Crippen MR) is 117 cm³/mol. The van der Waals surface area contributed by atoms with E-state index in [9.17, 15) is 13.2 Å². The number of rotatable bonds is 4. The molecule has 1 fully saturated rings. The van der Waals surface area contributed by atoms with Crippen molar-refractivity contribution in [3.05, 3.63) is 83.7 Å². The van der Waals surface area contributed by atoms with E-state index in [-0.39, 0.29) is 23.0 Å². The van der Waals surface area contributed by atoms with Crippen LogP contribution in [0.25, 0.3) is 16.6 Å². The maximum Gasteiger partial charge on any atom is 0.261 e. The SMILES string of the molecule is O=c1c2ccccc2ncn1[C@@H]1CCCN(S(=O)(=O)c2ccc(-n3cccn3)cc2)C1. The average Bonchev–Trinajstić information content (AvgIpc) is 3.35. The molecule has 2 aromatic heterocycles. The van der Waals surface area contributed by atoms with Crippen LogP contribution in [0.1, 0.15) is 18.9 Å². The largest absolute Gasteiger partial charge is 0.294 e. The maximum atomic E-state index is 13.3. The summed E-state index contributed by atoms with van der Waals surface area (Å²) in [4.78, 5) is 17.6. The van der Waals surface area contributed by atoms with Gasteiger partial charge in [0.2, 0.25) is 10.0 Å². The summed E-state index contributed by atoms with van der Waals surface area (Å²) in [5, 5.41) is 4.70. The lowest BCUT2D eigenvalue weighted by molar-refractivity contribution is 0.262. The number of sulfonamides is 1. The number of benzene rings is 2. The highest BCUT2D eigenvalue weighted by atomic mass is 32.2. The first-order chi connectivity index (χ1) is 15.0. The number of aromatic nitrogens is 4. The number of nitrogens with zero attached hydrogens (tertiary/aromatic N) is 5. The number of hydrogen-bond acceptors (Lipinski definition) is 5. The zero-order valence-corrected chi connectivity index (χ0v) is 17.5. The summed E-state index contributed by atoms with van der Waals surface area (Å²) in [5.74, 6) is 0. The van der Waals surface area contributed by atoms with Crippen LogP contribution < -0.4 is 5.56 Å². The molecule has 31 heavy (non-hydrogen) atoms. The molecule has 9 heteroatoms. The topological polar surface area (TPSA) is 90.1 Å². The van der Waals surface area contributed by atoms with Crippen LogP contribution in [-0.4, -0.2) is 45.1 Å². The first-order valence-corrected chi connectivity index (χ1v) is 11.5. The highest BCUT2D eigenvalue weighted by Gasteiger charge is 2.31. The molecule has 0 amide bonds. The van der Waals surface area contributed by atoms with Crippen molar-refractivity contribution < 1.29 is 8.42 Å². The number of para-hydroxylation sites is 1. The summed E-state index contributed by atoms with van der Waals surface area (Å²) in [7, 11) is -3.68. The lowest BCUT2D eigenvalue weighted by atomic mass is 10.1. The van der Waals surface area contributed by atoms with Gasteiger partial charge >= 0.3 is 0 Å². The highest BCUT2D eigenvalue weighted by Crippen LogP contribution is 2.26. The molecule has 0 saturated carbocycles. The van der Waals surface area contributed by atoms with Gasteiger partial charge in [-0.25, -0.2) is 18.1 Å². The molecule has 1 saturated heterocycles. The van der Waals surface area contributed by atoms with E-state index >= 15 is 0 Å². The monoisotopic (exact) mass is 435 g/mol. The minimum Gasteiger partial charge on any atom is -0.294 e. The van der Waals surface area contributed by atoms with Crippen molar-refractivity contribution in [2.75, 3.05) is 13.1 Å². The van der Waals surface area contributed by atoms with Crippen LogP contribution in [0.3, 0.4) is 0 Å². The summed E-state index contributed by atoms with van der Waals surface area (Å²) in [6.07, 6.45) is 6.40. The van der Waals surface area contributed by atoms with Gasteiger partial charge in [-0.2, -0.15) is 9.40 Å². The van der Waals surface area contributed by atoms with Gasteiger partial charge < -0.3 is 0 Å². The molecule has 8 nitrogen and oxygen atoms in total. The minimum absolute atomic E-state index is 0.140. The van der Waals surface area contributed by atoms with Gasteiger partial charge in [0.15, 0.2) is 0 Å². The molecular formula is C22H21N5O3S. The molecule has 5 rings (SSSR count). The van der Waals surface area contributed by atoms with Crippen molar-refractivity contribution in [1.29, 1.82) is 0 Å². The highest BCUT2D eigenvalue weighted by molar-refractivity contribution is 7.89. The molecule has 3 heterocycles. The van der Waals surface area contributed by atoms with Crippen molar-refractivity contribution in [2.45, 2.75) is 23.8 Å². The third-order valence-electron chi connectivity index (χ3n) is 5.69. The van der Waals surface area contributed by atoms with Gasteiger partial charge in [0.1, 0.15) is 0 Å². The number of hydrogen-bond donors (Lipinski definition) is 0. The summed E-state index contributed by atoms with van der Waals surface area (Å²) < 4.78 is 31.2. The second-order valence-corrected chi connectivity index (χ2v) is 9.52. The Balaban J connectivity index is 1.42. The van der Waals surface area contributed by atoms with Crippen LogP contribution in [0.2, 0.25) is 0 Å². The van der Waals surface area contributed by atoms with Crippen molar-refractivity contribution in [1.82, 2.24) is 23.6 Å². The van der Waals surface area contributed by atoms with E-state index in [2.05, 4.69) is 10.1 Å². The fourth-order valence-corrected chi connectivity index (χ4v) is 5.57. The van der Waals surface area contributed by atoms with Crippen LogP contribution in [0, 0.1) is 0 Å². The molecule has 1 aliphatic rings. The second-order valence-electron chi connectivity index (χ2n) is 7.58. The Morgan fingerprint density at radius 1 is 1.00 bits per heavy atom. The second kappa shape index (κ2) is 7.75. The molecule has 1 atom stereocenters. The molecule has 0 spiro atoms. The normalized spacial score (nSPS) is 17.7. The maximum absolute atomic E-state index is 13.3. The van der Waals surface area contributed by atoms with E-state index in [4.69, 9.17) is 0 Å². The Hall–Kier alpha value is -3.30. The van der Waals surface area contributed by atoms with Crippen molar-refractivity contribution >= 4 is 20.9 Å². The summed E-state index contributed by atoms with van der Waals surface area (Å²) in [5.41, 5.74) is 1.29. The van der Waals surface area contributed by atoms with Crippen molar-refractivity contribution in [3.8, 4) is 5.69 Å². The van der Waals surface area contributed by atoms with Crippen LogP contribution in [0.15, 0.2) is 83.0 Å². The van der Waals surface area contributed by atoms with Crippen LogP contribution in [0.4, 0.5) is 0 Å². The van der Waals surface area contributed by atoms with Gasteiger partial charge in [0, 0.05) is 25.5 Å². The summed E-state index contributed by atoms with van der Waals surface area (Å²) in [6, 6.07) is 15.4. The molecule has 0 bridgehead atoms. The fraction of sp³-hybridized carbons (Fsp3) is 0.227. The Kier molecular flexibility index (Phi) is 4.91. The van der Waals surface area contributed by atoms with E-state index in [1.54, 1.807) is 64.1 Å². The van der Waals surface area contributed by atoms with E-state index in [1.165, 1.54) is 10.6 Å². The average molecular weight is 436 g/mol. The third kappa shape index (κ3) is 3.55. The number of fused-ring (bicyclic) bond motifs is 1.